The molecule has 140 valence electrons. The van der Waals surface area contributed by atoms with E-state index in [-0.39, 0.29) is 24.8 Å². The van der Waals surface area contributed by atoms with Crippen LogP contribution in [0.3, 0.4) is 0 Å². The number of ether oxygens (including phenoxy) is 1. The van der Waals surface area contributed by atoms with Gasteiger partial charge in [0.15, 0.2) is 5.13 Å². The molecule has 0 aliphatic carbocycles. The van der Waals surface area contributed by atoms with Crippen LogP contribution in [0.25, 0.3) is 11.3 Å². The van der Waals surface area contributed by atoms with E-state index < -0.39 is 0 Å². The maximum absolute atomic E-state index is 12.0. The van der Waals surface area contributed by atoms with E-state index in [1.165, 1.54) is 22.7 Å². The minimum Gasteiger partial charge on any atom is -0.495 e. The zero-order valence-corrected chi connectivity index (χ0v) is 16.7. The number of rotatable bonds is 7. The highest BCUT2D eigenvalue weighted by molar-refractivity contribution is 7.14. The normalized spacial score (nSPS) is 10.4. The van der Waals surface area contributed by atoms with Crippen molar-refractivity contribution in [3.05, 3.63) is 51.0 Å². The molecule has 3 aromatic rings. The van der Waals surface area contributed by atoms with Gasteiger partial charge in [0, 0.05) is 23.9 Å². The van der Waals surface area contributed by atoms with E-state index >= 15 is 0 Å². The van der Waals surface area contributed by atoms with Crippen molar-refractivity contribution in [3.63, 3.8) is 0 Å². The molecular formula is C18H16ClN3O3S2. The van der Waals surface area contributed by atoms with Gasteiger partial charge in [-0.15, -0.1) is 22.7 Å². The van der Waals surface area contributed by atoms with E-state index in [4.69, 9.17) is 16.3 Å². The van der Waals surface area contributed by atoms with Crippen molar-refractivity contribution in [2.45, 2.75) is 6.42 Å². The number of carbonyl (C=O) groups is 2. The van der Waals surface area contributed by atoms with Gasteiger partial charge in [-0.05, 0) is 29.6 Å². The number of methoxy groups -OCH3 is 1. The maximum atomic E-state index is 12.0. The van der Waals surface area contributed by atoms with Crippen LogP contribution in [0.15, 0.2) is 41.1 Å². The highest BCUT2D eigenvalue weighted by atomic mass is 35.5. The number of hydrogen-bond donors (Lipinski definition) is 2. The predicted molar refractivity (Wildman–Crippen MR) is 109 cm³/mol. The summed E-state index contributed by atoms with van der Waals surface area (Å²) in [7, 11) is 1.56. The molecule has 0 saturated carbocycles. The van der Waals surface area contributed by atoms with Crippen molar-refractivity contribution >= 4 is 51.2 Å². The lowest BCUT2D eigenvalue weighted by atomic mass is 10.2. The standard InChI is InChI=1S/C18H16ClN3O3S2/c1-25-14-5-4-11(9-12(14)19)13-10-27-18(21-13)22-16(23)6-7-20-17(24)15-3-2-8-26-15/h2-5,8-10H,6-7H2,1H3,(H,20,24)(H,21,22,23). The predicted octanol–water partition coefficient (Wildman–Crippen LogP) is 4.29. The highest BCUT2D eigenvalue weighted by Gasteiger charge is 2.11. The van der Waals surface area contributed by atoms with E-state index in [2.05, 4.69) is 15.6 Å². The van der Waals surface area contributed by atoms with Crippen LogP contribution in [0.5, 0.6) is 5.75 Å². The Morgan fingerprint density at radius 2 is 2.11 bits per heavy atom. The number of aromatic nitrogens is 1. The number of benzene rings is 1. The molecule has 2 N–H and O–H groups in total. The highest BCUT2D eigenvalue weighted by Crippen LogP contribution is 2.31. The fourth-order valence-electron chi connectivity index (χ4n) is 2.26. The van der Waals surface area contributed by atoms with E-state index in [0.717, 1.165) is 5.56 Å². The van der Waals surface area contributed by atoms with Gasteiger partial charge >= 0.3 is 0 Å². The number of halogens is 1. The van der Waals surface area contributed by atoms with Crippen LogP contribution in [-0.4, -0.2) is 30.5 Å². The smallest absolute Gasteiger partial charge is 0.261 e. The Bertz CT molecular complexity index is 941. The maximum Gasteiger partial charge on any atom is 0.261 e. The number of carbonyl (C=O) groups excluding carboxylic acids is 2. The van der Waals surface area contributed by atoms with Crippen molar-refractivity contribution in [3.8, 4) is 17.0 Å². The average molecular weight is 422 g/mol. The van der Waals surface area contributed by atoms with Crippen molar-refractivity contribution in [2.24, 2.45) is 0 Å². The lowest BCUT2D eigenvalue weighted by molar-refractivity contribution is -0.116. The molecule has 27 heavy (non-hydrogen) atoms. The molecule has 2 amide bonds. The summed E-state index contributed by atoms with van der Waals surface area (Å²) in [6, 6.07) is 8.93. The lowest BCUT2D eigenvalue weighted by Gasteiger charge is -2.05. The van der Waals surface area contributed by atoms with Crippen LogP contribution in [0, 0.1) is 0 Å². The number of hydrogen-bond acceptors (Lipinski definition) is 6. The lowest BCUT2D eigenvalue weighted by Crippen LogP contribution is -2.27. The van der Waals surface area contributed by atoms with Gasteiger partial charge in [0.1, 0.15) is 5.75 Å². The first-order valence-corrected chi connectivity index (χ1v) is 10.1. The van der Waals surface area contributed by atoms with Gasteiger partial charge in [0.25, 0.3) is 5.91 Å². The number of anilines is 1. The van der Waals surface area contributed by atoms with Gasteiger partial charge in [-0.2, -0.15) is 0 Å². The SMILES string of the molecule is COc1ccc(-c2csc(NC(=O)CCNC(=O)c3cccs3)n2)cc1Cl. The largest absolute Gasteiger partial charge is 0.495 e. The Morgan fingerprint density at radius 3 is 2.81 bits per heavy atom. The van der Waals surface area contributed by atoms with E-state index in [1.807, 2.05) is 22.9 Å². The molecule has 1 aromatic carbocycles. The Morgan fingerprint density at radius 1 is 1.26 bits per heavy atom. The van der Waals surface area contributed by atoms with E-state index in [0.29, 0.717) is 26.5 Å². The summed E-state index contributed by atoms with van der Waals surface area (Å²) in [5.41, 5.74) is 1.55. The van der Waals surface area contributed by atoms with Crippen LogP contribution < -0.4 is 15.4 Å². The summed E-state index contributed by atoms with van der Waals surface area (Å²) < 4.78 is 5.14. The first kappa shape index (κ1) is 19.3. The van der Waals surface area contributed by atoms with Gasteiger partial charge < -0.3 is 15.4 Å². The van der Waals surface area contributed by atoms with Crippen LogP contribution in [-0.2, 0) is 4.79 Å². The molecule has 9 heteroatoms. The third-order valence-corrected chi connectivity index (χ3v) is 5.50. The topological polar surface area (TPSA) is 80.3 Å². The zero-order chi connectivity index (χ0) is 19.2. The fourth-order valence-corrected chi connectivity index (χ4v) is 3.89. The van der Waals surface area contributed by atoms with Crippen LogP contribution in [0.2, 0.25) is 5.02 Å². The second-order valence-electron chi connectivity index (χ2n) is 5.42. The molecule has 3 rings (SSSR count). The van der Waals surface area contributed by atoms with Crippen molar-refractivity contribution in [2.75, 3.05) is 19.0 Å². The molecule has 0 bridgehead atoms. The van der Waals surface area contributed by atoms with Gasteiger partial charge in [-0.3, -0.25) is 9.59 Å². The van der Waals surface area contributed by atoms with Crippen LogP contribution in [0.1, 0.15) is 16.1 Å². The first-order valence-electron chi connectivity index (χ1n) is 7.98. The number of nitrogens with one attached hydrogen (secondary N) is 2. The van der Waals surface area contributed by atoms with Crippen molar-refractivity contribution in [1.82, 2.24) is 10.3 Å². The molecule has 0 aliphatic rings. The molecule has 0 aliphatic heterocycles. The van der Waals surface area contributed by atoms with Gasteiger partial charge in [0.05, 0.1) is 22.7 Å². The van der Waals surface area contributed by atoms with Crippen LogP contribution in [0.4, 0.5) is 5.13 Å². The Labute approximate surface area is 169 Å². The monoisotopic (exact) mass is 421 g/mol. The minimum absolute atomic E-state index is 0.167. The Kier molecular flexibility index (Phi) is 6.44. The molecule has 0 radical (unpaired) electrons. The number of amides is 2. The second-order valence-corrected chi connectivity index (χ2v) is 7.63. The second kappa shape index (κ2) is 8.98. The quantitative estimate of drug-likeness (QED) is 0.596. The summed E-state index contributed by atoms with van der Waals surface area (Å²) in [6.07, 6.45) is 0.167. The molecule has 0 unspecified atom stereocenters. The molecule has 2 heterocycles. The molecule has 0 atom stereocenters. The van der Waals surface area contributed by atoms with Gasteiger partial charge in [-0.25, -0.2) is 4.98 Å². The first-order chi connectivity index (χ1) is 13.1. The van der Waals surface area contributed by atoms with Crippen LogP contribution >= 0.6 is 34.3 Å². The Hall–Kier alpha value is -2.42. The molecule has 2 aromatic heterocycles. The average Bonchev–Trinajstić information content (AvgIpc) is 3.33. The summed E-state index contributed by atoms with van der Waals surface area (Å²) in [5.74, 6) is 0.203. The zero-order valence-electron chi connectivity index (χ0n) is 14.3. The van der Waals surface area contributed by atoms with Crippen molar-refractivity contribution < 1.29 is 14.3 Å². The summed E-state index contributed by atoms with van der Waals surface area (Å²) in [5, 5.41) is 10.1. The summed E-state index contributed by atoms with van der Waals surface area (Å²) >= 11 is 8.82. The summed E-state index contributed by atoms with van der Waals surface area (Å²) in [4.78, 5) is 28.9. The molecule has 0 fully saturated rings. The van der Waals surface area contributed by atoms with E-state index in [9.17, 15) is 9.59 Å². The third kappa shape index (κ3) is 5.06. The molecular weight excluding hydrogens is 406 g/mol. The van der Waals surface area contributed by atoms with Gasteiger partial charge in [0.2, 0.25) is 5.91 Å². The van der Waals surface area contributed by atoms with Gasteiger partial charge in [-0.1, -0.05) is 17.7 Å². The number of nitrogens with zero attached hydrogens (tertiary/aromatic N) is 1. The number of thiazole rings is 1. The molecule has 0 spiro atoms. The van der Waals surface area contributed by atoms with Crippen molar-refractivity contribution in [1.29, 1.82) is 0 Å². The molecule has 6 nitrogen and oxygen atoms in total. The number of thiophene rings is 1. The molecule has 0 saturated heterocycles. The van der Waals surface area contributed by atoms with E-state index in [1.54, 1.807) is 25.3 Å². The fraction of sp³-hybridized carbons (Fsp3) is 0.167. The minimum atomic E-state index is -0.213. The third-order valence-electron chi connectivity index (χ3n) is 3.58. The summed E-state index contributed by atoms with van der Waals surface area (Å²) in [6.45, 7) is 0.259. The Balaban J connectivity index is 1.52.